The van der Waals surface area contributed by atoms with E-state index in [2.05, 4.69) is 15.6 Å². The number of carbonyl (C=O) groups excluding carboxylic acids is 1. The Morgan fingerprint density at radius 1 is 1.10 bits per heavy atom. The summed E-state index contributed by atoms with van der Waals surface area (Å²) in [7, 11) is 0. The number of hydrogen-bond acceptors (Lipinski definition) is 7. The highest BCUT2D eigenvalue weighted by Gasteiger charge is 2.23. The number of aryl methyl sites for hydroxylation is 2. The van der Waals surface area contributed by atoms with Gasteiger partial charge < -0.3 is 14.6 Å². The van der Waals surface area contributed by atoms with E-state index < -0.39 is 10.8 Å². The Kier molecular flexibility index (Phi) is 7.49. The second-order valence-electron chi connectivity index (χ2n) is 9.56. The number of amides is 1. The van der Waals surface area contributed by atoms with Crippen LogP contribution in [0.4, 0.5) is 17.1 Å². The van der Waals surface area contributed by atoms with Crippen LogP contribution < -0.4 is 15.5 Å². The molecule has 0 spiro atoms. The maximum absolute atomic E-state index is 12.9. The van der Waals surface area contributed by atoms with Crippen LogP contribution in [0, 0.1) is 24.0 Å². The SMILES string of the molecule is Cc1cc(C)c2oc(-c3ccc(Cl)c(NC(=S)NC(=O)c4ccc(N5CCCCC5)c([N+](=O)[O-])c4)c3)nc2c1. The van der Waals surface area contributed by atoms with Gasteiger partial charge in [0.15, 0.2) is 10.7 Å². The molecular formula is C28H26ClN5O4S. The van der Waals surface area contributed by atoms with E-state index in [4.69, 9.17) is 28.2 Å². The second-order valence-corrected chi connectivity index (χ2v) is 10.4. The molecule has 2 N–H and O–H groups in total. The molecule has 2 heterocycles. The number of hydrogen-bond donors (Lipinski definition) is 2. The zero-order chi connectivity index (χ0) is 27.7. The van der Waals surface area contributed by atoms with E-state index >= 15 is 0 Å². The fourth-order valence-electron chi connectivity index (χ4n) is 4.80. The summed E-state index contributed by atoms with van der Waals surface area (Å²) >= 11 is 11.7. The average Bonchev–Trinajstić information content (AvgIpc) is 3.34. The quantitative estimate of drug-likeness (QED) is 0.155. The first-order chi connectivity index (χ1) is 18.7. The van der Waals surface area contributed by atoms with Crippen LogP contribution in [-0.2, 0) is 0 Å². The molecule has 9 nitrogen and oxygen atoms in total. The molecule has 0 saturated carbocycles. The van der Waals surface area contributed by atoms with Gasteiger partial charge in [0.05, 0.1) is 15.6 Å². The van der Waals surface area contributed by atoms with Gasteiger partial charge in [0.1, 0.15) is 11.2 Å². The first kappa shape index (κ1) is 26.6. The number of aromatic nitrogens is 1. The van der Waals surface area contributed by atoms with Crippen molar-refractivity contribution in [2.45, 2.75) is 33.1 Å². The number of thiocarbonyl (C=S) groups is 1. The molecule has 3 aromatic carbocycles. The molecule has 0 unspecified atom stereocenters. The summed E-state index contributed by atoms with van der Waals surface area (Å²) in [4.78, 5) is 30.8. The average molecular weight is 564 g/mol. The normalized spacial score (nSPS) is 13.4. The zero-order valence-electron chi connectivity index (χ0n) is 21.4. The molecule has 39 heavy (non-hydrogen) atoms. The molecule has 5 rings (SSSR count). The van der Waals surface area contributed by atoms with Crippen LogP contribution >= 0.6 is 23.8 Å². The van der Waals surface area contributed by atoms with Crippen LogP contribution in [-0.4, -0.2) is 34.0 Å². The van der Waals surface area contributed by atoms with E-state index in [0.717, 1.165) is 49.0 Å². The number of fused-ring (bicyclic) bond motifs is 1. The lowest BCUT2D eigenvalue weighted by Crippen LogP contribution is -2.34. The van der Waals surface area contributed by atoms with Gasteiger partial charge in [-0.05, 0) is 92.9 Å². The van der Waals surface area contributed by atoms with E-state index in [-0.39, 0.29) is 16.4 Å². The lowest BCUT2D eigenvalue weighted by Gasteiger charge is -2.28. The molecule has 0 radical (unpaired) electrons. The molecule has 1 fully saturated rings. The van der Waals surface area contributed by atoms with Gasteiger partial charge in [-0.3, -0.25) is 20.2 Å². The number of nitro benzene ring substituents is 1. The van der Waals surface area contributed by atoms with Gasteiger partial charge in [0.25, 0.3) is 11.6 Å². The van der Waals surface area contributed by atoms with Gasteiger partial charge >= 0.3 is 0 Å². The first-order valence-corrected chi connectivity index (χ1v) is 13.3. The van der Waals surface area contributed by atoms with Crippen LogP contribution in [0.15, 0.2) is 52.9 Å². The number of rotatable bonds is 5. The van der Waals surface area contributed by atoms with Crippen LogP contribution in [0.3, 0.4) is 0 Å². The van der Waals surface area contributed by atoms with Crippen LogP contribution in [0.25, 0.3) is 22.6 Å². The predicted octanol–water partition coefficient (Wildman–Crippen LogP) is 6.79. The Morgan fingerprint density at radius 3 is 2.62 bits per heavy atom. The van der Waals surface area contributed by atoms with Gasteiger partial charge in [-0.15, -0.1) is 0 Å². The van der Waals surface area contributed by atoms with Crippen molar-refractivity contribution in [3.05, 3.63) is 80.4 Å². The number of piperidine rings is 1. The minimum atomic E-state index is -0.571. The van der Waals surface area contributed by atoms with Crippen LogP contribution in [0.5, 0.6) is 0 Å². The van der Waals surface area contributed by atoms with E-state index in [0.29, 0.717) is 33.4 Å². The molecule has 1 aliphatic rings. The van der Waals surface area contributed by atoms with Crippen molar-refractivity contribution < 1.29 is 14.1 Å². The number of oxazole rings is 1. The Bertz CT molecular complexity index is 1610. The van der Waals surface area contributed by atoms with Crippen molar-refractivity contribution in [3.8, 4) is 11.5 Å². The molecule has 0 atom stereocenters. The topological polar surface area (TPSA) is 114 Å². The summed E-state index contributed by atoms with van der Waals surface area (Å²) in [6.07, 6.45) is 3.07. The minimum absolute atomic E-state index is 0.00848. The summed E-state index contributed by atoms with van der Waals surface area (Å²) in [5.41, 5.74) is 5.21. The summed E-state index contributed by atoms with van der Waals surface area (Å²) in [6.45, 7) is 5.48. The maximum atomic E-state index is 12.9. The number of nitrogens with one attached hydrogen (secondary N) is 2. The van der Waals surface area contributed by atoms with Crippen LogP contribution in [0.1, 0.15) is 40.7 Å². The Labute approximate surface area is 235 Å². The smallest absolute Gasteiger partial charge is 0.293 e. The van der Waals surface area contributed by atoms with Gasteiger partial charge in [0, 0.05) is 30.3 Å². The number of carbonyl (C=O) groups is 1. The highest BCUT2D eigenvalue weighted by Crippen LogP contribution is 2.33. The number of benzene rings is 3. The number of nitrogens with zero attached hydrogens (tertiary/aromatic N) is 3. The van der Waals surface area contributed by atoms with Gasteiger partial charge in [-0.25, -0.2) is 4.98 Å². The van der Waals surface area contributed by atoms with Crippen LogP contribution in [0.2, 0.25) is 5.02 Å². The highest BCUT2D eigenvalue weighted by atomic mass is 35.5. The van der Waals surface area contributed by atoms with Crippen molar-refractivity contribution in [1.82, 2.24) is 10.3 Å². The molecule has 1 saturated heterocycles. The molecule has 1 aliphatic heterocycles. The third-order valence-corrected chi connectivity index (χ3v) is 7.17. The predicted molar refractivity (Wildman–Crippen MR) is 157 cm³/mol. The largest absolute Gasteiger partial charge is 0.436 e. The van der Waals surface area contributed by atoms with E-state index in [1.54, 1.807) is 30.3 Å². The Morgan fingerprint density at radius 2 is 1.87 bits per heavy atom. The van der Waals surface area contributed by atoms with E-state index in [1.165, 1.54) is 6.07 Å². The zero-order valence-corrected chi connectivity index (χ0v) is 23.0. The summed E-state index contributed by atoms with van der Waals surface area (Å²) in [5, 5.41) is 17.6. The third kappa shape index (κ3) is 5.71. The summed E-state index contributed by atoms with van der Waals surface area (Å²) in [5.74, 6) is -0.146. The molecule has 0 bridgehead atoms. The number of nitro groups is 1. The van der Waals surface area contributed by atoms with Crippen molar-refractivity contribution >= 4 is 63.0 Å². The van der Waals surface area contributed by atoms with Crippen molar-refractivity contribution in [3.63, 3.8) is 0 Å². The Hall–Kier alpha value is -4.02. The van der Waals surface area contributed by atoms with Crippen molar-refractivity contribution in [2.75, 3.05) is 23.3 Å². The van der Waals surface area contributed by atoms with E-state index in [9.17, 15) is 14.9 Å². The van der Waals surface area contributed by atoms with Crippen molar-refractivity contribution in [1.29, 1.82) is 0 Å². The fourth-order valence-corrected chi connectivity index (χ4v) is 5.16. The van der Waals surface area contributed by atoms with Gasteiger partial charge in [-0.1, -0.05) is 17.7 Å². The van der Waals surface area contributed by atoms with Gasteiger partial charge in [-0.2, -0.15) is 0 Å². The standard InChI is InChI=1S/C28H26ClN5O4S/c1-16-12-17(2)25-22(13-16)30-27(38-25)19-6-8-20(29)21(14-19)31-28(39)32-26(35)18-7-9-23(24(15-18)34(36)37)33-10-4-3-5-11-33/h6-9,12-15H,3-5,10-11H2,1-2H3,(H2,31,32,35,39). The third-order valence-electron chi connectivity index (χ3n) is 6.64. The maximum Gasteiger partial charge on any atom is 0.293 e. The molecular weight excluding hydrogens is 538 g/mol. The second kappa shape index (κ2) is 11.0. The number of anilines is 2. The minimum Gasteiger partial charge on any atom is -0.436 e. The lowest BCUT2D eigenvalue weighted by molar-refractivity contribution is -0.384. The van der Waals surface area contributed by atoms with Gasteiger partial charge in [0.2, 0.25) is 5.89 Å². The number of halogens is 1. The molecule has 200 valence electrons. The molecule has 4 aromatic rings. The first-order valence-electron chi connectivity index (χ1n) is 12.5. The lowest BCUT2D eigenvalue weighted by atomic mass is 10.1. The molecule has 1 aromatic heterocycles. The fraction of sp³-hybridized carbons (Fsp3) is 0.250. The summed E-state index contributed by atoms with van der Waals surface area (Å²) in [6, 6.07) is 13.7. The molecule has 1 amide bonds. The molecule has 0 aliphatic carbocycles. The Balaban J connectivity index is 1.32. The monoisotopic (exact) mass is 563 g/mol. The summed E-state index contributed by atoms with van der Waals surface area (Å²) < 4.78 is 6.00. The van der Waals surface area contributed by atoms with Crippen molar-refractivity contribution in [2.24, 2.45) is 0 Å². The highest BCUT2D eigenvalue weighted by molar-refractivity contribution is 7.80. The molecule has 11 heteroatoms. The van der Waals surface area contributed by atoms with E-state index in [1.807, 2.05) is 30.9 Å².